The van der Waals surface area contributed by atoms with Crippen LogP contribution in [0, 0.1) is 0 Å². The van der Waals surface area contributed by atoms with Crippen LogP contribution in [0.5, 0.6) is 0 Å². The Hall–Kier alpha value is -2.13. The van der Waals surface area contributed by atoms with E-state index in [1.165, 1.54) is 25.8 Å². The molecule has 0 radical (unpaired) electrons. The molecule has 1 aliphatic rings. The van der Waals surface area contributed by atoms with Crippen LogP contribution in [0.2, 0.25) is 0 Å². The number of ether oxygens (including phenoxy) is 1. The van der Waals surface area contributed by atoms with E-state index in [0.29, 0.717) is 18.2 Å². The summed E-state index contributed by atoms with van der Waals surface area (Å²) in [5.41, 5.74) is 2.88. The third-order valence-electron chi connectivity index (χ3n) is 4.99. The number of nitrogens with zero attached hydrogens (tertiary/aromatic N) is 1. The van der Waals surface area contributed by atoms with Crippen LogP contribution >= 0.6 is 0 Å². The minimum atomic E-state index is -0.230. The van der Waals surface area contributed by atoms with Crippen LogP contribution in [0.25, 0.3) is 11.1 Å². The Morgan fingerprint density at radius 1 is 1.04 bits per heavy atom. The summed E-state index contributed by atoms with van der Waals surface area (Å²) < 4.78 is 5.43. The van der Waals surface area contributed by atoms with Crippen molar-refractivity contribution in [2.45, 2.75) is 38.6 Å². The van der Waals surface area contributed by atoms with Crippen molar-refractivity contribution in [3.63, 3.8) is 0 Å². The summed E-state index contributed by atoms with van der Waals surface area (Å²) in [6, 6.07) is 18.5. The molecule has 2 aromatic rings. The number of carbonyl (C=O) groups is 1. The fourth-order valence-electron chi connectivity index (χ4n) is 3.43. The van der Waals surface area contributed by atoms with Gasteiger partial charge in [-0.15, -0.1) is 0 Å². The van der Waals surface area contributed by atoms with Gasteiger partial charge in [0.15, 0.2) is 0 Å². The number of likely N-dealkylation sites (tertiary alicyclic amines) is 1. The standard InChI is InChI=1S/C22H27NO2/c1-18-8-5-6-15-23(18)16-7-17-25-22(24)21-13-11-20(12-14-21)19-9-3-2-4-10-19/h2-4,9-14,18H,5-8,15-17H2,1H3. The van der Waals surface area contributed by atoms with Crippen molar-refractivity contribution in [2.24, 2.45) is 0 Å². The maximum Gasteiger partial charge on any atom is 0.338 e. The minimum Gasteiger partial charge on any atom is -0.462 e. The Kier molecular flexibility index (Phi) is 6.24. The molecule has 0 N–H and O–H groups in total. The Balaban J connectivity index is 1.45. The molecule has 2 aromatic carbocycles. The molecule has 1 aliphatic heterocycles. The van der Waals surface area contributed by atoms with E-state index in [1.807, 2.05) is 42.5 Å². The smallest absolute Gasteiger partial charge is 0.338 e. The molecule has 1 saturated heterocycles. The highest BCUT2D eigenvalue weighted by atomic mass is 16.5. The van der Waals surface area contributed by atoms with Gasteiger partial charge in [-0.3, -0.25) is 0 Å². The van der Waals surface area contributed by atoms with Gasteiger partial charge >= 0.3 is 5.97 Å². The lowest BCUT2D eigenvalue weighted by Crippen LogP contribution is -2.38. The molecular weight excluding hydrogens is 310 g/mol. The normalized spacial score (nSPS) is 18.0. The fourth-order valence-corrected chi connectivity index (χ4v) is 3.43. The van der Waals surface area contributed by atoms with E-state index in [1.54, 1.807) is 0 Å². The van der Waals surface area contributed by atoms with Crippen LogP contribution in [-0.2, 0) is 4.74 Å². The number of hydrogen-bond donors (Lipinski definition) is 0. The van der Waals surface area contributed by atoms with Gasteiger partial charge in [-0.25, -0.2) is 4.79 Å². The van der Waals surface area contributed by atoms with Gasteiger partial charge in [0.25, 0.3) is 0 Å². The number of rotatable bonds is 6. The highest BCUT2D eigenvalue weighted by molar-refractivity contribution is 5.90. The van der Waals surface area contributed by atoms with E-state index >= 15 is 0 Å². The van der Waals surface area contributed by atoms with Crippen LogP contribution in [0.3, 0.4) is 0 Å². The van der Waals surface area contributed by atoms with E-state index in [-0.39, 0.29) is 5.97 Å². The molecule has 3 heteroatoms. The zero-order valence-electron chi connectivity index (χ0n) is 15.0. The van der Waals surface area contributed by atoms with E-state index in [9.17, 15) is 4.79 Å². The first-order valence-corrected chi connectivity index (χ1v) is 9.31. The monoisotopic (exact) mass is 337 g/mol. The quantitative estimate of drug-likeness (QED) is 0.561. The first-order chi connectivity index (χ1) is 12.2. The summed E-state index contributed by atoms with van der Waals surface area (Å²) in [5.74, 6) is -0.230. The molecular formula is C22H27NO2. The van der Waals surface area contributed by atoms with Crippen LogP contribution in [0.1, 0.15) is 43.0 Å². The number of hydrogen-bond acceptors (Lipinski definition) is 3. The lowest BCUT2D eigenvalue weighted by molar-refractivity contribution is 0.0475. The molecule has 0 amide bonds. The SMILES string of the molecule is CC1CCCCN1CCCOC(=O)c1ccc(-c2ccccc2)cc1. The second kappa shape index (κ2) is 8.82. The summed E-state index contributed by atoms with van der Waals surface area (Å²) in [4.78, 5) is 14.7. The predicted molar refractivity (Wildman–Crippen MR) is 102 cm³/mol. The number of esters is 1. The molecule has 1 unspecified atom stereocenters. The molecule has 1 atom stereocenters. The number of piperidine rings is 1. The Morgan fingerprint density at radius 2 is 1.76 bits per heavy atom. The molecule has 0 aromatic heterocycles. The molecule has 0 aliphatic carbocycles. The predicted octanol–water partition coefficient (Wildman–Crippen LogP) is 4.77. The van der Waals surface area contributed by atoms with Gasteiger partial charge in [0.1, 0.15) is 0 Å². The van der Waals surface area contributed by atoms with E-state index in [0.717, 1.165) is 24.1 Å². The topological polar surface area (TPSA) is 29.5 Å². The van der Waals surface area contributed by atoms with Crippen LogP contribution in [0.15, 0.2) is 54.6 Å². The van der Waals surface area contributed by atoms with Crippen LogP contribution in [-0.4, -0.2) is 36.6 Å². The van der Waals surface area contributed by atoms with Gasteiger partial charge in [0.2, 0.25) is 0 Å². The summed E-state index contributed by atoms with van der Waals surface area (Å²) in [6.45, 7) is 4.97. The lowest BCUT2D eigenvalue weighted by Gasteiger charge is -2.33. The summed E-state index contributed by atoms with van der Waals surface area (Å²) in [5, 5.41) is 0. The lowest BCUT2D eigenvalue weighted by atomic mass is 10.0. The minimum absolute atomic E-state index is 0.230. The van der Waals surface area contributed by atoms with Crippen molar-refractivity contribution in [1.82, 2.24) is 4.90 Å². The van der Waals surface area contributed by atoms with Gasteiger partial charge in [0.05, 0.1) is 12.2 Å². The van der Waals surface area contributed by atoms with Gasteiger partial charge in [0, 0.05) is 12.6 Å². The molecule has 132 valence electrons. The molecule has 1 fully saturated rings. The maximum absolute atomic E-state index is 12.2. The maximum atomic E-state index is 12.2. The Labute approximate surface area is 150 Å². The molecule has 0 bridgehead atoms. The van der Waals surface area contributed by atoms with E-state index in [4.69, 9.17) is 4.74 Å². The number of carbonyl (C=O) groups excluding carboxylic acids is 1. The van der Waals surface area contributed by atoms with Crippen LogP contribution in [0.4, 0.5) is 0 Å². The van der Waals surface area contributed by atoms with Gasteiger partial charge in [-0.1, -0.05) is 48.9 Å². The van der Waals surface area contributed by atoms with Crippen molar-refractivity contribution in [2.75, 3.05) is 19.7 Å². The Morgan fingerprint density at radius 3 is 2.48 bits per heavy atom. The Bertz CT molecular complexity index is 666. The fraction of sp³-hybridized carbons (Fsp3) is 0.409. The van der Waals surface area contributed by atoms with Crippen molar-refractivity contribution in [1.29, 1.82) is 0 Å². The van der Waals surface area contributed by atoms with Gasteiger partial charge in [-0.2, -0.15) is 0 Å². The van der Waals surface area contributed by atoms with Crippen molar-refractivity contribution in [3.05, 3.63) is 60.2 Å². The molecule has 3 rings (SSSR count). The second-order valence-electron chi connectivity index (χ2n) is 6.81. The largest absolute Gasteiger partial charge is 0.462 e. The molecule has 0 spiro atoms. The van der Waals surface area contributed by atoms with E-state index in [2.05, 4.69) is 24.0 Å². The highest BCUT2D eigenvalue weighted by Gasteiger charge is 2.17. The van der Waals surface area contributed by atoms with Crippen molar-refractivity contribution >= 4 is 5.97 Å². The number of benzene rings is 2. The van der Waals surface area contributed by atoms with Crippen LogP contribution < -0.4 is 0 Å². The second-order valence-corrected chi connectivity index (χ2v) is 6.81. The third-order valence-corrected chi connectivity index (χ3v) is 4.99. The first-order valence-electron chi connectivity index (χ1n) is 9.31. The van der Waals surface area contributed by atoms with Crippen molar-refractivity contribution < 1.29 is 9.53 Å². The van der Waals surface area contributed by atoms with Crippen molar-refractivity contribution in [3.8, 4) is 11.1 Å². The molecule has 1 heterocycles. The average molecular weight is 337 g/mol. The van der Waals surface area contributed by atoms with E-state index < -0.39 is 0 Å². The summed E-state index contributed by atoms with van der Waals surface area (Å²) in [7, 11) is 0. The molecule has 3 nitrogen and oxygen atoms in total. The average Bonchev–Trinajstić information content (AvgIpc) is 2.67. The van der Waals surface area contributed by atoms with Gasteiger partial charge < -0.3 is 9.64 Å². The first kappa shape index (κ1) is 17.7. The summed E-state index contributed by atoms with van der Waals surface area (Å²) in [6.07, 6.45) is 4.81. The zero-order chi connectivity index (χ0) is 17.5. The highest BCUT2D eigenvalue weighted by Crippen LogP contribution is 2.20. The summed E-state index contributed by atoms with van der Waals surface area (Å²) >= 11 is 0. The molecule has 25 heavy (non-hydrogen) atoms. The van der Waals surface area contributed by atoms with Gasteiger partial charge in [-0.05, 0) is 56.0 Å². The zero-order valence-corrected chi connectivity index (χ0v) is 15.0. The third kappa shape index (κ3) is 4.93. The molecule has 0 saturated carbocycles.